The van der Waals surface area contributed by atoms with E-state index >= 15 is 0 Å². The van der Waals surface area contributed by atoms with Crippen LogP contribution >= 0.6 is 0 Å². The van der Waals surface area contributed by atoms with Gasteiger partial charge in [0, 0.05) is 11.6 Å². The Balaban J connectivity index is 2.57. The highest BCUT2D eigenvalue weighted by atomic mass is 16.5. The number of rotatable bonds is 6. The number of benzene rings is 1. The zero-order valence-corrected chi connectivity index (χ0v) is 11.0. The molecule has 1 N–H and O–H groups in total. The molecule has 3 nitrogen and oxygen atoms in total. The van der Waals surface area contributed by atoms with Crippen molar-refractivity contribution in [2.24, 2.45) is 0 Å². The molecule has 0 saturated carbocycles. The Morgan fingerprint density at radius 3 is 2.24 bits per heavy atom. The maximum absolute atomic E-state index is 11.8. The summed E-state index contributed by atoms with van der Waals surface area (Å²) >= 11 is 0. The number of Topliss-reactive ketones (excluding diaryl/α,β-unsaturated/α-hetero) is 1. The number of hydrogen-bond acceptors (Lipinski definition) is 3. The van der Waals surface area contributed by atoms with Gasteiger partial charge in [-0.25, -0.2) is 0 Å². The minimum Gasteiger partial charge on any atom is -0.491 e. The van der Waals surface area contributed by atoms with E-state index in [0.717, 1.165) is 5.75 Å². The molecule has 0 fully saturated rings. The zero-order chi connectivity index (χ0) is 12.8. The van der Waals surface area contributed by atoms with Crippen molar-refractivity contribution in [2.45, 2.75) is 39.8 Å². The van der Waals surface area contributed by atoms with Crippen LogP contribution in [0, 0.1) is 0 Å². The molecule has 0 saturated heterocycles. The summed E-state index contributed by atoms with van der Waals surface area (Å²) in [7, 11) is 0. The number of ether oxygens (including phenoxy) is 1. The van der Waals surface area contributed by atoms with Gasteiger partial charge in [0.25, 0.3) is 0 Å². The summed E-state index contributed by atoms with van der Waals surface area (Å²) in [6, 6.07) is 7.61. The van der Waals surface area contributed by atoms with E-state index in [9.17, 15) is 4.79 Å². The van der Waals surface area contributed by atoms with E-state index in [2.05, 4.69) is 5.32 Å². The van der Waals surface area contributed by atoms with Crippen molar-refractivity contribution in [1.82, 2.24) is 5.32 Å². The van der Waals surface area contributed by atoms with E-state index in [0.29, 0.717) is 18.2 Å². The Labute approximate surface area is 103 Å². The van der Waals surface area contributed by atoms with E-state index in [1.54, 1.807) is 0 Å². The Morgan fingerprint density at radius 1 is 1.18 bits per heavy atom. The molecule has 0 spiro atoms. The molecular weight excluding hydrogens is 214 g/mol. The summed E-state index contributed by atoms with van der Waals surface area (Å²) in [6.07, 6.45) is 0.152. The van der Waals surface area contributed by atoms with E-state index < -0.39 is 0 Å². The molecule has 1 aromatic carbocycles. The van der Waals surface area contributed by atoms with Gasteiger partial charge in [-0.15, -0.1) is 0 Å². The summed E-state index contributed by atoms with van der Waals surface area (Å²) in [5.41, 5.74) is 0.717. The molecule has 0 unspecified atom stereocenters. The lowest BCUT2D eigenvalue weighted by Crippen LogP contribution is -2.29. The molecule has 0 amide bonds. The summed E-state index contributed by atoms with van der Waals surface area (Å²) in [6.45, 7) is 8.37. The van der Waals surface area contributed by atoms with Crippen LogP contribution in [-0.2, 0) is 0 Å². The maximum Gasteiger partial charge on any atom is 0.176 e. The molecule has 0 atom stereocenters. The lowest BCUT2D eigenvalue weighted by atomic mass is 10.1. The smallest absolute Gasteiger partial charge is 0.176 e. The van der Waals surface area contributed by atoms with Gasteiger partial charge in [0.15, 0.2) is 5.78 Å². The summed E-state index contributed by atoms with van der Waals surface area (Å²) in [4.78, 5) is 11.8. The third-order valence-electron chi connectivity index (χ3n) is 2.22. The highest BCUT2D eigenvalue weighted by molar-refractivity contribution is 5.97. The molecule has 17 heavy (non-hydrogen) atoms. The molecule has 0 radical (unpaired) electrons. The van der Waals surface area contributed by atoms with Gasteiger partial charge in [0.05, 0.1) is 12.6 Å². The average Bonchev–Trinajstić information content (AvgIpc) is 2.26. The predicted molar refractivity (Wildman–Crippen MR) is 69.7 cm³/mol. The Morgan fingerprint density at radius 2 is 1.76 bits per heavy atom. The van der Waals surface area contributed by atoms with Crippen LogP contribution in [0.4, 0.5) is 0 Å². The fourth-order valence-corrected chi connectivity index (χ4v) is 1.39. The maximum atomic E-state index is 11.8. The molecular formula is C14H21NO2. The number of hydrogen-bond donors (Lipinski definition) is 1. The van der Waals surface area contributed by atoms with E-state index in [1.807, 2.05) is 52.0 Å². The number of ketones is 1. The van der Waals surface area contributed by atoms with Crippen LogP contribution in [0.5, 0.6) is 5.75 Å². The second-order valence-electron chi connectivity index (χ2n) is 4.65. The SMILES string of the molecule is CC(C)NCC(=O)c1ccc(OC(C)C)cc1. The monoisotopic (exact) mass is 235 g/mol. The van der Waals surface area contributed by atoms with Gasteiger partial charge in [-0.3, -0.25) is 4.79 Å². The first-order valence-electron chi connectivity index (χ1n) is 6.02. The molecule has 0 heterocycles. The van der Waals surface area contributed by atoms with Gasteiger partial charge in [0.1, 0.15) is 5.75 Å². The lowest BCUT2D eigenvalue weighted by molar-refractivity contribution is 0.0988. The van der Waals surface area contributed by atoms with E-state index in [1.165, 1.54) is 0 Å². The highest BCUT2D eigenvalue weighted by Crippen LogP contribution is 2.14. The number of nitrogens with one attached hydrogen (secondary N) is 1. The average molecular weight is 235 g/mol. The van der Waals surface area contributed by atoms with E-state index in [4.69, 9.17) is 4.74 Å². The van der Waals surface area contributed by atoms with Crippen molar-refractivity contribution in [3.05, 3.63) is 29.8 Å². The van der Waals surface area contributed by atoms with Gasteiger partial charge >= 0.3 is 0 Å². The van der Waals surface area contributed by atoms with Crippen molar-refractivity contribution < 1.29 is 9.53 Å². The first kappa shape index (κ1) is 13.7. The second-order valence-corrected chi connectivity index (χ2v) is 4.65. The zero-order valence-electron chi connectivity index (χ0n) is 11.0. The molecule has 94 valence electrons. The van der Waals surface area contributed by atoms with Crippen LogP contribution in [0.3, 0.4) is 0 Å². The van der Waals surface area contributed by atoms with Gasteiger partial charge < -0.3 is 10.1 Å². The molecule has 1 aromatic rings. The molecule has 0 aliphatic rings. The summed E-state index contributed by atoms with van der Waals surface area (Å²) in [5.74, 6) is 0.906. The minimum absolute atomic E-state index is 0.106. The Kier molecular flexibility index (Phi) is 5.16. The van der Waals surface area contributed by atoms with Crippen LogP contribution < -0.4 is 10.1 Å². The van der Waals surface area contributed by atoms with Crippen molar-refractivity contribution in [3.8, 4) is 5.75 Å². The molecule has 0 aliphatic carbocycles. The largest absolute Gasteiger partial charge is 0.491 e. The summed E-state index contributed by atoms with van der Waals surface area (Å²) < 4.78 is 5.52. The second kappa shape index (κ2) is 6.40. The van der Waals surface area contributed by atoms with Crippen molar-refractivity contribution in [1.29, 1.82) is 0 Å². The third-order valence-corrected chi connectivity index (χ3v) is 2.22. The number of carbonyl (C=O) groups excluding carboxylic acids is 1. The van der Waals surface area contributed by atoms with Gasteiger partial charge in [-0.2, -0.15) is 0 Å². The first-order chi connectivity index (χ1) is 7.99. The lowest BCUT2D eigenvalue weighted by Gasteiger charge is -2.10. The molecule has 3 heteroatoms. The van der Waals surface area contributed by atoms with Crippen LogP contribution in [0.1, 0.15) is 38.1 Å². The fourth-order valence-electron chi connectivity index (χ4n) is 1.39. The number of carbonyl (C=O) groups is 1. The van der Waals surface area contributed by atoms with Crippen molar-refractivity contribution >= 4 is 5.78 Å². The predicted octanol–water partition coefficient (Wildman–Crippen LogP) is 2.65. The van der Waals surface area contributed by atoms with Crippen LogP contribution in [-0.4, -0.2) is 24.5 Å². The molecule has 0 aliphatic heterocycles. The highest BCUT2D eigenvalue weighted by Gasteiger charge is 2.06. The van der Waals surface area contributed by atoms with Gasteiger partial charge in [0.2, 0.25) is 0 Å². The quantitative estimate of drug-likeness (QED) is 0.770. The Bertz CT molecular complexity index is 355. The standard InChI is InChI=1S/C14H21NO2/c1-10(2)15-9-14(16)12-5-7-13(8-6-12)17-11(3)4/h5-8,10-11,15H,9H2,1-4H3. The topological polar surface area (TPSA) is 38.3 Å². The third kappa shape index (κ3) is 5.00. The van der Waals surface area contributed by atoms with E-state index in [-0.39, 0.29) is 11.9 Å². The van der Waals surface area contributed by atoms with Gasteiger partial charge in [-0.05, 0) is 38.1 Å². The van der Waals surface area contributed by atoms with Gasteiger partial charge in [-0.1, -0.05) is 13.8 Å². The van der Waals surface area contributed by atoms with Crippen LogP contribution in [0.15, 0.2) is 24.3 Å². The first-order valence-corrected chi connectivity index (χ1v) is 6.02. The summed E-state index contributed by atoms with van der Waals surface area (Å²) in [5, 5.41) is 3.11. The van der Waals surface area contributed by atoms with Crippen LogP contribution in [0.2, 0.25) is 0 Å². The van der Waals surface area contributed by atoms with Crippen molar-refractivity contribution in [3.63, 3.8) is 0 Å². The van der Waals surface area contributed by atoms with Crippen LogP contribution in [0.25, 0.3) is 0 Å². The molecule has 0 aromatic heterocycles. The normalized spacial score (nSPS) is 10.9. The fraction of sp³-hybridized carbons (Fsp3) is 0.500. The Hall–Kier alpha value is -1.35. The molecule has 1 rings (SSSR count). The minimum atomic E-state index is 0.106. The molecule has 0 bridgehead atoms. The van der Waals surface area contributed by atoms with Crippen molar-refractivity contribution in [2.75, 3.05) is 6.54 Å².